The van der Waals surface area contributed by atoms with Crippen LogP contribution in [-0.2, 0) is 11.0 Å². The Hall–Kier alpha value is -1.49. The Morgan fingerprint density at radius 2 is 1.85 bits per heavy atom. The van der Waals surface area contributed by atoms with Gasteiger partial charge in [-0.25, -0.2) is 0 Å². The minimum absolute atomic E-state index is 0. The van der Waals surface area contributed by atoms with Gasteiger partial charge in [0.1, 0.15) is 11.8 Å². The maximum atomic E-state index is 12.3. The Labute approximate surface area is 136 Å². The fourth-order valence-corrected chi connectivity index (χ4v) is 1.23. The van der Waals surface area contributed by atoms with Gasteiger partial charge < -0.3 is 11.8 Å². The van der Waals surface area contributed by atoms with Crippen molar-refractivity contribution in [2.45, 2.75) is 13.1 Å². The van der Waals surface area contributed by atoms with Crippen LogP contribution in [-0.4, -0.2) is 11.0 Å². The van der Waals surface area contributed by atoms with Gasteiger partial charge in [0, 0.05) is 5.69 Å². The molecule has 0 spiro atoms. The molecule has 0 radical (unpaired) electrons. The Morgan fingerprint density at radius 3 is 2.20 bits per heavy atom. The molecular weight excluding hydrogens is 284 g/mol. The van der Waals surface area contributed by atoms with Gasteiger partial charge in [-0.3, -0.25) is 4.79 Å². The van der Waals surface area contributed by atoms with E-state index in [9.17, 15) is 18.0 Å². The fourth-order valence-electron chi connectivity index (χ4n) is 1.23. The number of carbonyl (C=O) groups excluding carboxylic acids is 1. The average molecular weight is 294 g/mol. The van der Waals surface area contributed by atoms with Gasteiger partial charge in [0.2, 0.25) is 0 Å². The molecule has 0 aliphatic rings. The maximum Gasteiger partial charge on any atom is 1.00 e. The number of nitriles is 1. The van der Waals surface area contributed by atoms with Gasteiger partial charge in [0.15, 0.2) is 5.57 Å². The van der Waals surface area contributed by atoms with Crippen molar-refractivity contribution in [2.24, 2.45) is 0 Å². The van der Waals surface area contributed by atoms with Gasteiger partial charge in [-0.05, 0) is 31.2 Å². The number of nitrogens with zero attached hydrogens (tertiary/aromatic N) is 1. The number of allylic oxidation sites excluding steroid dienone is 1. The van der Waals surface area contributed by atoms with Crippen LogP contribution in [0.3, 0.4) is 0 Å². The number of benzene rings is 1. The summed E-state index contributed by atoms with van der Waals surface area (Å²) in [4.78, 5) is 11.5. The molecule has 1 aromatic carbocycles. The Morgan fingerprint density at radius 1 is 1.35 bits per heavy atom. The number of aliphatic hydroxyl groups is 1. The molecule has 102 valence electrons. The summed E-state index contributed by atoms with van der Waals surface area (Å²) in [6, 6.07) is 5.22. The van der Waals surface area contributed by atoms with E-state index in [-0.39, 0.29) is 36.7 Å². The summed E-state index contributed by atoms with van der Waals surface area (Å²) in [7, 11) is 0. The van der Waals surface area contributed by atoms with E-state index in [4.69, 9.17) is 10.4 Å². The van der Waals surface area contributed by atoms with Gasteiger partial charge in [0.25, 0.3) is 5.91 Å². The maximum absolute atomic E-state index is 12.3. The fraction of sp³-hybridized carbons (Fsp3) is 0.167. The molecule has 0 saturated carbocycles. The van der Waals surface area contributed by atoms with Gasteiger partial charge in [-0.2, -0.15) is 18.4 Å². The van der Waals surface area contributed by atoms with E-state index in [1.807, 2.05) is 0 Å². The first-order valence-corrected chi connectivity index (χ1v) is 5.04. The molecule has 2 N–H and O–H groups in total. The summed E-state index contributed by atoms with van der Waals surface area (Å²) in [6.45, 7) is 1.16. The summed E-state index contributed by atoms with van der Waals surface area (Å²) in [5, 5.41) is 19.9. The Balaban J connectivity index is 0. The zero-order valence-corrected chi connectivity index (χ0v) is 12.7. The first-order valence-electron chi connectivity index (χ1n) is 5.04. The number of hydrogen-bond donors (Lipinski definition) is 2. The molecule has 20 heavy (non-hydrogen) atoms. The molecule has 0 fully saturated rings. The minimum Gasteiger partial charge on any atom is -1.00 e. The van der Waals surface area contributed by atoms with Crippen LogP contribution in [0.4, 0.5) is 18.9 Å². The predicted molar refractivity (Wildman–Crippen MR) is 62.1 cm³/mol. The van der Waals surface area contributed by atoms with Crippen molar-refractivity contribution < 1.29 is 54.1 Å². The number of amides is 1. The van der Waals surface area contributed by atoms with Crippen LogP contribution >= 0.6 is 0 Å². The molecule has 0 atom stereocenters. The molecule has 0 bridgehead atoms. The third kappa shape index (κ3) is 4.89. The zero-order valence-electron chi connectivity index (χ0n) is 11.7. The quantitative estimate of drug-likeness (QED) is 0.352. The van der Waals surface area contributed by atoms with Crippen LogP contribution in [0.5, 0.6) is 0 Å². The van der Waals surface area contributed by atoms with Crippen molar-refractivity contribution in [3.05, 3.63) is 41.2 Å². The van der Waals surface area contributed by atoms with E-state index in [1.54, 1.807) is 0 Å². The first kappa shape index (κ1) is 18.5. The van der Waals surface area contributed by atoms with E-state index in [0.29, 0.717) is 0 Å². The number of halogens is 3. The number of nitrogens with one attached hydrogen (secondary N) is 1. The number of aliphatic hydroxyl groups excluding tert-OH is 1. The third-order valence-electron chi connectivity index (χ3n) is 2.17. The molecule has 1 amide bonds. The minimum atomic E-state index is -4.46. The summed E-state index contributed by atoms with van der Waals surface area (Å²) >= 11 is 0. The van der Waals surface area contributed by atoms with E-state index in [1.165, 1.54) is 6.07 Å². The molecule has 0 aliphatic heterocycles. The van der Waals surface area contributed by atoms with E-state index in [0.717, 1.165) is 31.2 Å². The monoisotopic (exact) mass is 294 g/mol. The molecule has 8 heteroatoms. The second kappa shape index (κ2) is 7.33. The van der Waals surface area contributed by atoms with Gasteiger partial charge in [-0.15, -0.1) is 0 Å². The molecule has 0 aliphatic carbocycles. The zero-order chi connectivity index (χ0) is 14.6. The molecular formula is C12H10F3N2NaO2. The second-order valence-electron chi connectivity index (χ2n) is 3.60. The van der Waals surface area contributed by atoms with Crippen molar-refractivity contribution in [1.82, 2.24) is 0 Å². The Bertz CT molecular complexity index is 561. The Kier molecular flexibility index (Phi) is 6.79. The number of hydrogen-bond acceptors (Lipinski definition) is 3. The molecule has 0 heterocycles. The van der Waals surface area contributed by atoms with Crippen LogP contribution in [0.25, 0.3) is 0 Å². The molecule has 0 saturated heterocycles. The summed E-state index contributed by atoms with van der Waals surface area (Å²) in [6.07, 6.45) is -4.46. The second-order valence-corrected chi connectivity index (χ2v) is 3.60. The van der Waals surface area contributed by atoms with Crippen LogP contribution in [0.1, 0.15) is 13.9 Å². The topological polar surface area (TPSA) is 73.1 Å². The average Bonchev–Trinajstić information content (AvgIpc) is 2.28. The summed E-state index contributed by atoms with van der Waals surface area (Å²) in [5.41, 5.74) is -1.26. The first-order chi connectivity index (χ1) is 8.75. The summed E-state index contributed by atoms with van der Waals surface area (Å²) in [5.74, 6) is -1.35. The van der Waals surface area contributed by atoms with Crippen molar-refractivity contribution in [3.8, 4) is 6.07 Å². The van der Waals surface area contributed by atoms with Crippen LogP contribution in [0.2, 0.25) is 0 Å². The van der Waals surface area contributed by atoms with E-state index < -0.39 is 29.0 Å². The molecule has 1 aromatic rings. The molecule has 0 aromatic heterocycles. The van der Waals surface area contributed by atoms with Gasteiger partial charge in [-0.1, -0.05) is 0 Å². The largest absolute Gasteiger partial charge is 1.00 e. The van der Waals surface area contributed by atoms with Crippen molar-refractivity contribution in [2.75, 3.05) is 5.32 Å². The van der Waals surface area contributed by atoms with Crippen molar-refractivity contribution in [3.63, 3.8) is 0 Å². The van der Waals surface area contributed by atoms with Crippen LogP contribution in [0, 0.1) is 11.3 Å². The van der Waals surface area contributed by atoms with E-state index >= 15 is 0 Å². The molecule has 4 nitrogen and oxygen atoms in total. The van der Waals surface area contributed by atoms with E-state index in [2.05, 4.69) is 5.32 Å². The van der Waals surface area contributed by atoms with Crippen LogP contribution in [0.15, 0.2) is 35.6 Å². The van der Waals surface area contributed by atoms with Crippen molar-refractivity contribution >= 4 is 11.6 Å². The molecule has 1 rings (SSSR count). The number of alkyl halides is 3. The van der Waals surface area contributed by atoms with Gasteiger partial charge >= 0.3 is 35.7 Å². The number of anilines is 1. The third-order valence-corrected chi connectivity index (χ3v) is 2.17. The van der Waals surface area contributed by atoms with Crippen LogP contribution < -0.4 is 34.9 Å². The molecule has 0 unspecified atom stereocenters. The number of rotatable bonds is 2. The summed E-state index contributed by atoms with van der Waals surface area (Å²) < 4.78 is 36.9. The van der Waals surface area contributed by atoms with Crippen molar-refractivity contribution in [1.29, 1.82) is 5.26 Å². The number of carbonyl (C=O) groups is 1. The SMILES string of the molecule is CC(O)=C(C#N)C(=O)Nc1ccc(C(F)(F)F)cc1.[H-].[Na+]. The smallest absolute Gasteiger partial charge is 1.00 e. The normalized spacial score (nSPS) is 11.8. The predicted octanol–water partition coefficient (Wildman–Crippen LogP) is 0.116. The standard InChI is InChI=1S/C12H9F3N2O2.Na.H/c1-7(18)10(6-16)11(19)17-9-4-2-8(3-5-9)12(13,14)15;;/h2-5,18H,1H3,(H,17,19);;/q;+1;-1. The van der Waals surface area contributed by atoms with Gasteiger partial charge in [0.05, 0.1) is 5.56 Å².